The Morgan fingerprint density at radius 1 is 1.24 bits per heavy atom. The van der Waals surface area contributed by atoms with Crippen molar-refractivity contribution in [1.82, 2.24) is 5.16 Å². The molecule has 0 atom stereocenters. The van der Waals surface area contributed by atoms with E-state index in [0.717, 1.165) is 16.8 Å². The van der Waals surface area contributed by atoms with Crippen LogP contribution in [0.25, 0.3) is 0 Å². The Balaban J connectivity index is 2.06. The molecule has 0 radical (unpaired) electrons. The molecule has 2 rings (SSSR count). The number of nitrogens with zero attached hydrogens (tertiary/aromatic N) is 1. The van der Waals surface area contributed by atoms with Gasteiger partial charge in [-0.25, -0.2) is 4.79 Å². The number of hydrogen-bond donors (Lipinski definition) is 2. The summed E-state index contributed by atoms with van der Waals surface area (Å²) in [6.45, 7) is 3.96. The summed E-state index contributed by atoms with van der Waals surface area (Å²) in [6.07, 6.45) is 1.40. The number of nitrogens with one attached hydrogen (secondary N) is 2. The molecule has 0 aliphatic carbocycles. The summed E-state index contributed by atoms with van der Waals surface area (Å²) < 4.78 is 4.62. The average molecular weight is 231 g/mol. The van der Waals surface area contributed by atoms with Crippen LogP contribution in [0.1, 0.15) is 11.1 Å². The van der Waals surface area contributed by atoms with E-state index in [1.54, 1.807) is 6.07 Å². The highest BCUT2D eigenvalue weighted by atomic mass is 16.5. The number of benzene rings is 1. The number of amides is 2. The molecule has 0 bridgehead atoms. The predicted molar refractivity (Wildman–Crippen MR) is 65.1 cm³/mol. The zero-order valence-corrected chi connectivity index (χ0v) is 9.65. The quantitative estimate of drug-likeness (QED) is 0.835. The van der Waals surface area contributed by atoms with Crippen LogP contribution in [0.5, 0.6) is 0 Å². The van der Waals surface area contributed by atoms with E-state index in [9.17, 15) is 4.79 Å². The van der Waals surface area contributed by atoms with Crippen LogP contribution in [-0.4, -0.2) is 11.2 Å². The van der Waals surface area contributed by atoms with Crippen molar-refractivity contribution in [1.29, 1.82) is 0 Å². The fourth-order valence-electron chi connectivity index (χ4n) is 1.43. The van der Waals surface area contributed by atoms with Crippen molar-refractivity contribution in [3.05, 3.63) is 41.7 Å². The van der Waals surface area contributed by atoms with Crippen molar-refractivity contribution in [2.24, 2.45) is 0 Å². The number of aryl methyl sites for hydroxylation is 1. The molecule has 5 nitrogen and oxygen atoms in total. The Morgan fingerprint density at radius 3 is 2.76 bits per heavy atom. The molecule has 1 heterocycles. The second-order valence-electron chi connectivity index (χ2n) is 3.71. The topological polar surface area (TPSA) is 67.2 Å². The number of aromatic nitrogens is 1. The number of carbonyl (C=O) groups is 1. The van der Waals surface area contributed by atoms with Gasteiger partial charge in [0.1, 0.15) is 6.26 Å². The van der Waals surface area contributed by atoms with E-state index in [2.05, 4.69) is 20.3 Å². The van der Waals surface area contributed by atoms with Crippen LogP contribution in [0.15, 0.2) is 35.1 Å². The van der Waals surface area contributed by atoms with E-state index in [-0.39, 0.29) is 6.03 Å². The van der Waals surface area contributed by atoms with Crippen LogP contribution in [0, 0.1) is 13.8 Å². The van der Waals surface area contributed by atoms with Gasteiger partial charge in [-0.3, -0.25) is 5.32 Å². The molecular weight excluding hydrogens is 218 g/mol. The van der Waals surface area contributed by atoms with E-state index in [4.69, 9.17) is 0 Å². The molecule has 2 aromatic rings. The summed E-state index contributed by atoms with van der Waals surface area (Å²) in [6, 6.07) is 6.98. The first kappa shape index (κ1) is 11.2. The number of anilines is 2. The zero-order valence-electron chi connectivity index (χ0n) is 9.65. The van der Waals surface area contributed by atoms with Crippen molar-refractivity contribution < 1.29 is 9.32 Å². The number of rotatable bonds is 2. The van der Waals surface area contributed by atoms with E-state index < -0.39 is 0 Å². The van der Waals surface area contributed by atoms with Crippen LogP contribution < -0.4 is 10.6 Å². The lowest BCUT2D eigenvalue weighted by molar-refractivity contribution is 0.262. The monoisotopic (exact) mass is 231 g/mol. The molecule has 88 valence electrons. The van der Waals surface area contributed by atoms with Gasteiger partial charge in [-0.15, -0.1) is 0 Å². The Hall–Kier alpha value is -2.30. The first-order valence-electron chi connectivity index (χ1n) is 5.21. The number of hydrogen-bond acceptors (Lipinski definition) is 3. The molecule has 0 unspecified atom stereocenters. The van der Waals surface area contributed by atoms with E-state index in [1.165, 1.54) is 6.26 Å². The fourth-order valence-corrected chi connectivity index (χ4v) is 1.43. The van der Waals surface area contributed by atoms with E-state index >= 15 is 0 Å². The average Bonchev–Trinajstić information content (AvgIpc) is 2.77. The summed E-state index contributed by atoms with van der Waals surface area (Å²) in [5.74, 6) is 0.382. The smallest absolute Gasteiger partial charge is 0.324 e. The summed E-state index contributed by atoms with van der Waals surface area (Å²) in [5, 5.41) is 8.91. The highest BCUT2D eigenvalue weighted by Crippen LogP contribution is 2.18. The largest absolute Gasteiger partial charge is 0.363 e. The SMILES string of the molecule is Cc1cccc(NC(=O)Nc2ccon2)c1C. The lowest BCUT2D eigenvalue weighted by atomic mass is 10.1. The third-order valence-corrected chi connectivity index (χ3v) is 2.53. The molecule has 17 heavy (non-hydrogen) atoms. The molecule has 0 aliphatic heterocycles. The predicted octanol–water partition coefficient (Wildman–Crippen LogP) is 2.94. The fraction of sp³-hybridized carbons (Fsp3) is 0.167. The molecule has 5 heteroatoms. The lowest BCUT2D eigenvalue weighted by Gasteiger charge is -2.09. The Bertz CT molecular complexity index is 521. The Labute approximate surface area is 98.8 Å². The first-order valence-corrected chi connectivity index (χ1v) is 5.21. The molecule has 0 saturated heterocycles. The van der Waals surface area contributed by atoms with E-state index in [1.807, 2.05) is 32.0 Å². The molecule has 0 spiro atoms. The van der Waals surface area contributed by atoms with Gasteiger partial charge < -0.3 is 9.84 Å². The Morgan fingerprint density at radius 2 is 2.06 bits per heavy atom. The summed E-state index contributed by atoms with van der Waals surface area (Å²) in [5.41, 5.74) is 2.96. The first-order chi connectivity index (χ1) is 8.16. The standard InChI is InChI=1S/C12H13N3O2/c1-8-4-3-5-10(9(8)2)13-12(16)14-11-6-7-17-15-11/h3-7H,1-2H3,(H2,13,14,15,16). The van der Waals surface area contributed by atoms with Gasteiger partial charge in [0.05, 0.1) is 0 Å². The second-order valence-corrected chi connectivity index (χ2v) is 3.71. The highest BCUT2D eigenvalue weighted by molar-refractivity contribution is 5.99. The minimum Gasteiger partial charge on any atom is -0.363 e. The van der Waals surface area contributed by atoms with Gasteiger partial charge in [0.25, 0.3) is 0 Å². The van der Waals surface area contributed by atoms with Crippen LogP contribution in [0.2, 0.25) is 0 Å². The molecular formula is C12H13N3O2. The number of carbonyl (C=O) groups excluding carboxylic acids is 1. The van der Waals surface area contributed by atoms with Crippen molar-refractivity contribution in [3.8, 4) is 0 Å². The summed E-state index contributed by atoms with van der Waals surface area (Å²) >= 11 is 0. The van der Waals surface area contributed by atoms with Gasteiger partial charge in [0, 0.05) is 11.8 Å². The van der Waals surface area contributed by atoms with E-state index in [0.29, 0.717) is 5.82 Å². The van der Waals surface area contributed by atoms with Gasteiger partial charge in [-0.2, -0.15) is 0 Å². The molecule has 0 aliphatic rings. The van der Waals surface area contributed by atoms with Gasteiger partial charge in [0.2, 0.25) is 0 Å². The van der Waals surface area contributed by atoms with Crippen molar-refractivity contribution in [2.45, 2.75) is 13.8 Å². The summed E-state index contributed by atoms with van der Waals surface area (Å²) in [4.78, 5) is 11.6. The molecule has 1 aromatic heterocycles. The number of urea groups is 1. The minimum atomic E-state index is -0.340. The van der Waals surface area contributed by atoms with Crippen LogP contribution in [0.3, 0.4) is 0 Å². The summed E-state index contributed by atoms with van der Waals surface area (Å²) in [7, 11) is 0. The Kier molecular flexibility index (Phi) is 3.09. The maximum atomic E-state index is 11.6. The van der Waals surface area contributed by atoms with Gasteiger partial charge in [-0.05, 0) is 31.0 Å². The van der Waals surface area contributed by atoms with Crippen molar-refractivity contribution in [2.75, 3.05) is 10.6 Å². The van der Waals surface area contributed by atoms with Crippen molar-refractivity contribution in [3.63, 3.8) is 0 Å². The maximum Gasteiger partial charge on any atom is 0.324 e. The van der Waals surface area contributed by atoms with Crippen LogP contribution in [-0.2, 0) is 0 Å². The van der Waals surface area contributed by atoms with Crippen molar-refractivity contribution >= 4 is 17.5 Å². The van der Waals surface area contributed by atoms with Crippen LogP contribution in [0.4, 0.5) is 16.3 Å². The molecule has 0 saturated carbocycles. The normalized spacial score (nSPS) is 10.0. The molecule has 1 aromatic carbocycles. The zero-order chi connectivity index (χ0) is 12.3. The second kappa shape index (κ2) is 4.69. The highest BCUT2D eigenvalue weighted by Gasteiger charge is 2.06. The third kappa shape index (κ3) is 2.63. The molecule has 0 fully saturated rings. The third-order valence-electron chi connectivity index (χ3n) is 2.53. The van der Waals surface area contributed by atoms with Crippen LogP contribution >= 0.6 is 0 Å². The molecule has 2 amide bonds. The maximum absolute atomic E-state index is 11.6. The van der Waals surface area contributed by atoms with Gasteiger partial charge >= 0.3 is 6.03 Å². The lowest BCUT2D eigenvalue weighted by Crippen LogP contribution is -2.20. The van der Waals surface area contributed by atoms with Gasteiger partial charge in [-0.1, -0.05) is 17.3 Å². The minimum absolute atomic E-state index is 0.340. The molecule has 2 N–H and O–H groups in total. The van der Waals surface area contributed by atoms with Gasteiger partial charge in [0.15, 0.2) is 5.82 Å².